The third-order valence-corrected chi connectivity index (χ3v) is 4.40. The molecule has 3 heteroatoms. The first-order valence-electron chi connectivity index (χ1n) is 7.96. The molecule has 3 nitrogen and oxygen atoms in total. The van der Waals surface area contributed by atoms with Crippen molar-refractivity contribution in [2.45, 2.75) is 39.7 Å². The molecule has 1 aliphatic heterocycles. The van der Waals surface area contributed by atoms with Gasteiger partial charge in [0.2, 0.25) is 0 Å². The van der Waals surface area contributed by atoms with E-state index in [-0.39, 0.29) is 6.04 Å². The maximum absolute atomic E-state index is 6.17. The van der Waals surface area contributed by atoms with E-state index in [1.54, 1.807) is 0 Å². The summed E-state index contributed by atoms with van der Waals surface area (Å²) in [6, 6.07) is 7.10. The van der Waals surface area contributed by atoms with Crippen molar-refractivity contribution >= 4 is 5.69 Å². The van der Waals surface area contributed by atoms with Gasteiger partial charge in [0, 0.05) is 37.9 Å². The second-order valence-electron chi connectivity index (χ2n) is 5.93. The molecule has 1 aliphatic rings. The Labute approximate surface area is 123 Å². The normalized spacial score (nSPS) is 18.3. The summed E-state index contributed by atoms with van der Waals surface area (Å²) in [7, 11) is 0. The lowest BCUT2D eigenvalue weighted by Crippen LogP contribution is -2.46. The number of rotatable bonds is 5. The Hall–Kier alpha value is -1.06. The van der Waals surface area contributed by atoms with Gasteiger partial charge < -0.3 is 15.5 Å². The predicted octanol–water partition coefficient (Wildman–Crippen LogP) is 2.42. The first-order chi connectivity index (χ1) is 9.63. The quantitative estimate of drug-likeness (QED) is 0.896. The average molecular weight is 275 g/mol. The molecule has 0 aliphatic carbocycles. The standard InChI is InChI=1S/C17H29N3/c1-4-16(18)13-15-12-14(3)6-7-17(15)20-10-8-19(5-2)9-11-20/h6-7,12,16H,4-5,8-11,13,18H2,1-3H3. The van der Waals surface area contributed by atoms with Gasteiger partial charge in [-0.25, -0.2) is 0 Å². The molecule has 1 unspecified atom stereocenters. The van der Waals surface area contributed by atoms with Gasteiger partial charge in [0.25, 0.3) is 0 Å². The molecule has 0 aromatic heterocycles. The van der Waals surface area contributed by atoms with Crippen LogP contribution in [0.4, 0.5) is 5.69 Å². The van der Waals surface area contributed by atoms with Crippen LogP contribution in [0.2, 0.25) is 0 Å². The van der Waals surface area contributed by atoms with Gasteiger partial charge in [0.05, 0.1) is 0 Å². The van der Waals surface area contributed by atoms with Crippen molar-refractivity contribution in [2.75, 3.05) is 37.6 Å². The first-order valence-corrected chi connectivity index (χ1v) is 7.96. The predicted molar refractivity (Wildman–Crippen MR) is 87.5 cm³/mol. The fraction of sp³-hybridized carbons (Fsp3) is 0.647. The summed E-state index contributed by atoms with van der Waals surface area (Å²) >= 11 is 0. The molecule has 0 radical (unpaired) electrons. The zero-order valence-electron chi connectivity index (χ0n) is 13.2. The summed E-state index contributed by atoms with van der Waals surface area (Å²) in [5.74, 6) is 0. The van der Waals surface area contributed by atoms with Gasteiger partial charge in [-0.05, 0) is 37.9 Å². The number of nitrogens with zero attached hydrogens (tertiary/aromatic N) is 2. The van der Waals surface area contributed by atoms with E-state index in [9.17, 15) is 0 Å². The highest BCUT2D eigenvalue weighted by Crippen LogP contribution is 2.24. The number of anilines is 1. The summed E-state index contributed by atoms with van der Waals surface area (Å²) in [5, 5.41) is 0. The third-order valence-electron chi connectivity index (χ3n) is 4.40. The molecule has 1 aromatic rings. The van der Waals surface area contributed by atoms with Crippen LogP contribution in [0.15, 0.2) is 18.2 Å². The number of nitrogens with two attached hydrogens (primary N) is 1. The number of likely N-dealkylation sites (N-methyl/N-ethyl adjacent to an activating group) is 1. The molecular weight excluding hydrogens is 246 g/mol. The fourth-order valence-corrected chi connectivity index (χ4v) is 2.92. The van der Waals surface area contributed by atoms with Crippen LogP contribution < -0.4 is 10.6 Å². The number of hydrogen-bond acceptors (Lipinski definition) is 3. The Morgan fingerprint density at radius 1 is 1.15 bits per heavy atom. The molecule has 2 rings (SSSR count). The maximum atomic E-state index is 6.17. The van der Waals surface area contributed by atoms with Crippen molar-refractivity contribution in [1.82, 2.24) is 4.90 Å². The van der Waals surface area contributed by atoms with Crippen LogP contribution in [0.25, 0.3) is 0 Å². The minimum atomic E-state index is 0.271. The van der Waals surface area contributed by atoms with Crippen LogP contribution in [-0.2, 0) is 6.42 Å². The third kappa shape index (κ3) is 3.74. The smallest absolute Gasteiger partial charge is 0.0400 e. The number of aryl methyl sites for hydroxylation is 1. The van der Waals surface area contributed by atoms with Crippen molar-refractivity contribution in [3.05, 3.63) is 29.3 Å². The Balaban J connectivity index is 2.14. The van der Waals surface area contributed by atoms with Crippen LogP contribution in [0.3, 0.4) is 0 Å². The Morgan fingerprint density at radius 2 is 1.85 bits per heavy atom. The van der Waals surface area contributed by atoms with E-state index in [0.717, 1.165) is 32.5 Å². The lowest BCUT2D eigenvalue weighted by molar-refractivity contribution is 0.271. The molecule has 1 saturated heterocycles. The second-order valence-corrected chi connectivity index (χ2v) is 5.93. The van der Waals surface area contributed by atoms with Gasteiger partial charge >= 0.3 is 0 Å². The van der Waals surface area contributed by atoms with E-state index >= 15 is 0 Å². The number of piperazine rings is 1. The number of hydrogen-bond donors (Lipinski definition) is 1. The summed E-state index contributed by atoms with van der Waals surface area (Å²) in [6.45, 7) is 12.3. The highest BCUT2D eigenvalue weighted by Gasteiger charge is 2.18. The largest absolute Gasteiger partial charge is 0.369 e. The van der Waals surface area contributed by atoms with Crippen LogP contribution >= 0.6 is 0 Å². The zero-order valence-corrected chi connectivity index (χ0v) is 13.2. The van der Waals surface area contributed by atoms with Crippen molar-refractivity contribution in [1.29, 1.82) is 0 Å². The Morgan fingerprint density at radius 3 is 2.45 bits per heavy atom. The molecule has 1 fully saturated rings. The van der Waals surface area contributed by atoms with Crippen molar-refractivity contribution in [2.24, 2.45) is 5.73 Å². The van der Waals surface area contributed by atoms with Crippen molar-refractivity contribution in [3.63, 3.8) is 0 Å². The molecule has 0 bridgehead atoms. The molecule has 112 valence electrons. The van der Waals surface area contributed by atoms with Gasteiger partial charge in [-0.15, -0.1) is 0 Å². The van der Waals surface area contributed by atoms with Gasteiger partial charge in [-0.1, -0.05) is 31.5 Å². The zero-order chi connectivity index (χ0) is 14.5. The van der Waals surface area contributed by atoms with Crippen molar-refractivity contribution < 1.29 is 0 Å². The second kappa shape index (κ2) is 7.09. The van der Waals surface area contributed by atoms with Crippen LogP contribution in [0.5, 0.6) is 0 Å². The molecule has 1 aromatic carbocycles. The summed E-state index contributed by atoms with van der Waals surface area (Å²) in [4.78, 5) is 5.05. The molecule has 0 amide bonds. The molecule has 1 atom stereocenters. The van der Waals surface area contributed by atoms with E-state index in [2.05, 4.69) is 48.8 Å². The summed E-state index contributed by atoms with van der Waals surface area (Å²) in [5.41, 5.74) is 10.3. The SMILES string of the molecule is CCC(N)Cc1cc(C)ccc1N1CCN(CC)CC1. The molecular formula is C17H29N3. The summed E-state index contributed by atoms with van der Waals surface area (Å²) in [6.07, 6.45) is 2.03. The van der Waals surface area contributed by atoms with Crippen LogP contribution in [0.1, 0.15) is 31.4 Å². The van der Waals surface area contributed by atoms with Gasteiger partial charge in [0.1, 0.15) is 0 Å². The molecule has 2 N–H and O–H groups in total. The van der Waals surface area contributed by atoms with E-state index in [1.807, 2.05) is 0 Å². The van der Waals surface area contributed by atoms with E-state index < -0.39 is 0 Å². The van der Waals surface area contributed by atoms with E-state index in [1.165, 1.54) is 29.9 Å². The molecule has 1 heterocycles. The number of benzene rings is 1. The summed E-state index contributed by atoms with van der Waals surface area (Å²) < 4.78 is 0. The average Bonchev–Trinajstić information content (AvgIpc) is 2.47. The highest BCUT2D eigenvalue weighted by molar-refractivity contribution is 5.55. The van der Waals surface area contributed by atoms with Gasteiger partial charge in [-0.2, -0.15) is 0 Å². The minimum Gasteiger partial charge on any atom is -0.369 e. The van der Waals surface area contributed by atoms with Gasteiger partial charge in [-0.3, -0.25) is 0 Å². The van der Waals surface area contributed by atoms with E-state index in [0.29, 0.717) is 0 Å². The fourth-order valence-electron chi connectivity index (χ4n) is 2.92. The molecule has 0 saturated carbocycles. The van der Waals surface area contributed by atoms with Crippen molar-refractivity contribution in [3.8, 4) is 0 Å². The maximum Gasteiger partial charge on any atom is 0.0400 e. The Bertz CT molecular complexity index is 422. The topological polar surface area (TPSA) is 32.5 Å². The highest BCUT2D eigenvalue weighted by atomic mass is 15.3. The van der Waals surface area contributed by atoms with Gasteiger partial charge in [0.15, 0.2) is 0 Å². The lowest BCUT2D eigenvalue weighted by Gasteiger charge is -2.36. The lowest BCUT2D eigenvalue weighted by atomic mass is 9.99. The monoisotopic (exact) mass is 275 g/mol. The minimum absolute atomic E-state index is 0.271. The van der Waals surface area contributed by atoms with E-state index in [4.69, 9.17) is 5.73 Å². The Kier molecular flexibility index (Phi) is 5.44. The first kappa shape index (κ1) is 15.3. The van der Waals surface area contributed by atoms with Crippen LogP contribution in [0, 0.1) is 6.92 Å². The molecule has 20 heavy (non-hydrogen) atoms. The van der Waals surface area contributed by atoms with Crippen LogP contribution in [-0.4, -0.2) is 43.7 Å². The molecule has 0 spiro atoms.